The summed E-state index contributed by atoms with van der Waals surface area (Å²) in [7, 11) is 0. The molecule has 0 spiro atoms. The van der Waals surface area contributed by atoms with Crippen LogP contribution in [0.2, 0.25) is 0 Å². The molecule has 15 heavy (non-hydrogen) atoms. The van der Waals surface area contributed by atoms with Crippen molar-refractivity contribution < 1.29 is 4.79 Å². The molecule has 0 unspecified atom stereocenters. The fraction of sp³-hybridized carbons (Fsp3) is 0. The first kappa shape index (κ1) is 10.3. The molecule has 0 atom stereocenters. The molecule has 1 aromatic rings. The first-order valence-corrected chi connectivity index (χ1v) is 5.45. The van der Waals surface area contributed by atoms with E-state index in [1.807, 2.05) is 24.3 Å². The molecule has 1 aliphatic rings. The lowest BCUT2D eigenvalue weighted by Crippen LogP contribution is -2.21. The van der Waals surface area contributed by atoms with E-state index in [1.165, 1.54) is 0 Å². The fourth-order valence-corrected chi connectivity index (χ4v) is 1.87. The minimum absolute atomic E-state index is 0.194. The Morgan fingerprint density at radius 3 is 2.73 bits per heavy atom. The van der Waals surface area contributed by atoms with Crippen LogP contribution in [0.4, 0.5) is 0 Å². The molecule has 2 rings (SSSR count). The third-order valence-electron chi connectivity index (χ3n) is 1.88. The molecular formula is C10H7BrN2OS. The van der Waals surface area contributed by atoms with Crippen molar-refractivity contribution in [3.05, 3.63) is 40.0 Å². The molecule has 1 aliphatic heterocycles. The Labute approximate surface area is 101 Å². The quantitative estimate of drug-likeness (QED) is 0.610. The Morgan fingerprint density at radius 1 is 1.33 bits per heavy atom. The zero-order valence-electron chi connectivity index (χ0n) is 7.58. The van der Waals surface area contributed by atoms with Crippen molar-refractivity contribution in [2.45, 2.75) is 0 Å². The minimum atomic E-state index is -0.194. The van der Waals surface area contributed by atoms with Gasteiger partial charge in [-0.15, -0.1) is 0 Å². The smallest absolute Gasteiger partial charge is 0.273 e. The van der Waals surface area contributed by atoms with Crippen LogP contribution in [0.1, 0.15) is 5.56 Å². The largest absolute Gasteiger partial charge is 0.328 e. The molecule has 0 bridgehead atoms. The fourth-order valence-electron chi connectivity index (χ4n) is 1.25. The zero-order valence-corrected chi connectivity index (χ0v) is 9.98. The third-order valence-corrected chi connectivity index (χ3v) is 2.58. The monoisotopic (exact) mass is 282 g/mol. The minimum Gasteiger partial charge on any atom is -0.328 e. The van der Waals surface area contributed by atoms with Gasteiger partial charge in [0, 0.05) is 4.47 Å². The summed E-state index contributed by atoms with van der Waals surface area (Å²) in [5.74, 6) is -0.194. The topological polar surface area (TPSA) is 41.1 Å². The van der Waals surface area contributed by atoms with Crippen LogP contribution in [0.3, 0.4) is 0 Å². The maximum absolute atomic E-state index is 11.3. The number of benzene rings is 1. The Hall–Kier alpha value is -1.20. The van der Waals surface area contributed by atoms with Crippen LogP contribution >= 0.6 is 28.1 Å². The summed E-state index contributed by atoms with van der Waals surface area (Å²) in [6.07, 6.45) is 1.75. The van der Waals surface area contributed by atoms with Crippen molar-refractivity contribution in [1.29, 1.82) is 0 Å². The van der Waals surface area contributed by atoms with Crippen molar-refractivity contribution in [3.8, 4) is 0 Å². The Bertz CT molecular complexity index is 470. The molecular weight excluding hydrogens is 276 g/mol. The standard InChI is InChI=1S/C10H7BrN2OS/c11-7-3-1-2-6(4-7)5-8-9(14)13-10(15)12-8/h1-5H,(H2,12,13,14,15)/b8-5+. The lowest BCUT2D eigenvalue weighted by Gasteiger charge is -1.97. The zero-order chi connectivity index (χ0) is 10.8. The molecule has 2 N–H and O–H groups in total. The van der Waals surface area contributed by atoms with Gasteiger partial charge in [-0.2, -0.15) is 0 Å². The Morgan fingerprint density at radius 2 is 2.13 bits per heavy atom. The van der Waals surface area contributed by atoms with Gasteiger partial charge < -0.3 is 5.32 Å². The number of halogens is 1. The molecule has 1 aromatic carbocycles. The second kappa shape index (κ2) is 4.12. The summed E-state index contributed by atoms with van der Waals surface area (Å²) < 4.78 is 0.970. The Kier molecular flexibility index (Phi) is 2.83. The highest BCUT2D eigenvalue weighted by molar-refractivity contribution is 9.10. The normalized spacial score (nSPS) is 17.8. The maximum atomic E-state index is 11.3. The molecule has 0 aliphatic carbocycles. The van der Waals surface area contributed by atoms with E-state index in [0.29, 0.717) is 10.8 Å². The molecule has 1 fully saturated rings. The molecule has 3 nitrogen and oxygen atoms in total. The third kappa shape index (κ3) is 2.43. The number of hydrogen-bond acceptors (Lipinski definition) is 2. The number of rotatable bonds is 1. The average Bonchev–Trinajstić information content (AvgIpc) is 2.45. The highest BCUT2D eigenvalue weighted by atomic mass is 79.9. The number of carbonyl (C=O) groups excluding carboxylic acids is 1. The predicted octanol–water partition coefficient (Wildman–Crippen LogP) is 1.79. The van der Waals surface area contributed by atoms with E-state index in [1.54, 1.807) is 6.08 Å². The molecule has 1 saturated heterocycles. The number of hydrogen-bond donors (Lipinski definition) is 2. The molecule has 0 radical (unpaired) electrons. The summed E-state index contributed by atoms with van der Waals surface area (Å²) in [6, 6.07) is 7.66. The van der Waals surface area contributed by atoms with Gasteiger partial charge in [0.25, 0.3) is 5.91 Å². The number of carbonyl (C=O) groups is 1. The van der Waals surface area contributed by atoms with Crippen LogP contribution in [0, 0.1) is 0 Å². The van der Waals surface area contributed by atoms with Crippen molar-refractivity contribution >= 4 is 45.2 Å². The van der Waals surface area contributed by atoms with Crippen LogP contribution in [0.15, 0.2) is 34.4 Å². The van der Waals surface area contributed by atoms with Crippen LogP contribution < -0.4 is 10.6 Å². The van der Waals surface area contributed by atoms with Crippen molar-refractivity contribution in [2.24, 2.45) is 0 Å². The summed E-state index contributed by atoms with van der Waals surface area (Å²) >= 11 is 8.18. The van der Waals surface area contributed by atoms with E-state index < -0.39 is 0 Å². The van der Waals surface area contributed by atoms with Gasteiger partial charge in [0.15, 0.2) is 5.11 Å². The second-order valence-electron chi connectivity index (χ2n) is 3.02. The highest BCUT2D eigenvalue weighted by Gasteiger charge is 2.19. The van der Waals surface area contributed by atoms with Gasteiger partial charge >= 0.3 is 0 Å². The second-order valence-corrected chi connectivity index (χ2v) is 4.35. The van der Waals surface area contributed by atoms with E-state index in [0.717, 1.165) is 10.0 Å². The van der Waals surface area contributed by atoms with Gasteiger partial charge in [0.1, 0.15) is 5.70 Å². The highest BCUT2D eigenvalue weighted by Crippen LogP contribution is 2.14. The molecule has 0 aromatic heterocycles. The summed E-state index contributed by atoms with van der Waals surface area (Å²) in [5.41, 5.74) is 1.41. The van der Waals surface area contributed by atoms with Crippen LogP contribution in [-0.2, 0) is 4.79 Å². The van der Waals surface area contributed by atoms with Crippen LogP contribution in [0.5, 0.6) is 0 Å². The van der Waals surface area contributed by atoms with Crippen LogP contribution in [-0.4, -0.2) is 11.0 Å². The molecule has 0 saturated carbocycles. The Balaban J connectivity index is 2.31. The maximum Gasteiger partial charge on any atom is 0.273 e. The molecule has 76 valence electrons. The first-order chi connectivity index (χ1) is 7.15. The lowest BCUT2D eigenvalue weighted by atomic mass is 10.2. The van der Waals surface area contributed by atoms with Gasteiger partial charge in [0.05, 0.1) is 0 Å². The average molecular weight is 283 g/mol. The van der Waals surface area contributed by atoms with E-state index in [2.05, 4.69) is 26.6 Å². The van der Waals surface area contributed by atoms with Crippen LogP contribution in [0.25, 0.3) is 6.08 Å². The van der Waals surface area contributed by atoms with Gasteiger partial charge in [-0.05, 0) is 36.0 Å². The lowest BCUT2D eigenvalue weighted by molar-refractivity contribution is -0.115. The van der Waals surface area contributed by atoms with E-state index in [9.17, 15) is 4.79 Å². The SMILES string of the molecule is O=C1NC(=S)N/C1=C/c1cccc(Br)c1. The number of amides is 1. The first-order valence-electron chi connectivity index (χ1n) is 4.25. The molecule has 1 heterocycles. The summed E-state index contributed by atoms with van der Waals surface area (Å²) in [5, 5.41) is 5.64. The van der Waals surface area contributed by atoms with E-state index >= 15 is 0 Å². The number of nitrogens with one attached hydrogen (secondary N) is 2. The van der Waals surface area contributed by atoms with Crippen molar-refractivity contribution in [1.82, 2.24) is 10.6 Å². The van der Waals surface area contributed by atoms with E-state index in [-0.39, 0.29) is 5.91 Å². The van der Waals surface area contributed by atoms with Crippen molar-refractivity contribution in [3.63, 3.8) is 0 Å². The van der Waals surface area contributed by atoms with Gasteiger partial charge in [-0.3, -0.25) is 10.1 Å². The molecule has 1 amide bonds. The predicted molar refractivity (Wildman–Crippen MR) is 66.0 cm³/mol. The van der Waals surface area contributed by atoms with Gasteiger partial charge in [0.2, 0.25) is 0 Å². The summed E-state index contributed by atoms with van der Waals surface area (Å²) in [6.45, 7) is 0. The van der Waals surface area contributed by atoms with Gasteiger partial charge in [-0.1, -0.05) is 28.1 Å². The summed E-state index contributed by atoms with van der Waals surface area (Å²) in [4.78, 5) is 11.3. The molecule has 5 heteroatoms. The van der Waals surface area contributed by atoms with Crippen molar-refractivity contribution in [2.75, 3.05) is 0 Å². The van der Waals surface area contributed by atoms with Gasteiger partial charge in [-0.25, -0.2) is 0 Å². The number of thiocarbonyl (C=S) groups is 1. The van der Waals surface area contributed by atoms with E-state index in [4.69, 9.17) is 12.2 Å².